The van der Waals surface area contributed by atoms with Crippen molar-refractivity contribution in [2.24, 2.45) is 11.8 Å². The van der Waals surface area contributed by atoms with Gasteiger partial charge >= 0.3 is 0 Å². The van der Waals surface area contributed by atoms with Crippen LogP contribution >= 0.6 is 38.9 Å². The first kappa shape index (κ1) is 22.7. The van der Waals surface area contributed by atoms with E-state index in [9.17, 15) is 13.2 Å². The van der Waals surface area contributed by atoms with E-state index in [1.807, 2.05) is 24.3 Å². The van der Waals surface area contributed by atoms with Crippen molar-refractivity contribution in [2.75, 3.05) is 13.1 Å². The van der Waals surface area contributed by atoms with Gasteiger partial charge < -0.3 is 5.32 Å². The van der Waals surface area contributed by atoms with Gasteiger partial charge in [-0.3, -0.25) is 4.79 Å². The predicted octanol–water partition coefficient (Wildman–Crippen LogP) is 4.61. The van der Waals surface area contributed by atoms with Gasteiger partial charge in [-0.2, -0.15) is 0 Å². The van der Waals surface area contributed by atoms with Gasteiger partial charge in [-0.05, 0) is 83.8 Å². The zero-order chi connectivity index (χ0) is 20.9. The molecule has 1 heterocycles. The van der Waals surface area contributed by atoms with E-state index >= 15 is 0 Å². The number of hydrogen-bond acceptors (Lipinski definition) is 4. The highest BCUT2D eigenvalue weighted by Crippen LogP contribution is 2.30. The van der Waals surface area contributed by atoms with Crippen LogP contribution in [0.3, 0.4) is 0 Å². The van der Waals surface area contributed by atoms with Crippen LogP contribution in [0.15, 0.2) is 44.4 Å². The molecule has 1 aromatic heterocycles. The Hall–Kier alpha value is -0.930. The van der Waals surface area contributed by atoms with Crippen LogP contribution in [0.4, 0.5) is 0 Å². The third-order valence-electron chi connectivity index (χ3n) is 5.22. The molecule has 0 atom stereocenters. The normalized spacial score (nSPS) is 19.8. The summed E-state index contributed by atoms with van der Waals surface area (Å²) in [6.45, 7) is 1.03. The number of amides is 1. The van der Waals surface area contributed by atoms with Crippen LogP contribution < -0.4 is 10.0 Å². The number of halogens is 2. The number of carbonyl (C=O) groups is 1. The van der Waals surface area contributed by atoms with E-state index in [0.717, 1.165) is 41.5 Å². The summed E-state index contributed by atoms with van der Waals surface area (Å²) in [6.07, 6.45) is 4.07. The maximum absolute atomic E-state index is 12.4. The minimum Gasteiger partial charge on any atom is -0.356 e. The smallest absolute Gasteiger partial charge is 0.250 e. The maximum Gasteiger partial charge on any atom is 0.250 e. The Bertz CT molecular complexity index is 923. The van der Waals surface area contributed by atoms with E-state index in [2.05, 4.69) is 26.0 Å². The van der Waals surface area contributed by atoms with Gasteiger partial charge in [0.2, 0.25) is 15.9 Å². The van der Waals surface area contributed by atoms with Gasteiger partial charge in [-0.15, -0.1) is 11.3 Å². The Balaban J connectivity index is 1.37. The number of hydrogen-bond donors (Lipinski definition) is 2. The Morgan fingerprint density at radius 1 is 1.10 bits per heavy atom. The molecule has 0 saturated heterocycles. The summed E-state index contributed by atoms with van der Waals surface area (Å²) < 4.78 is 28.5. The molecule has 1 saturated carbocycles. The molecule has 1 aliphatic rings. The van der Waals surface area contributed by atoms with Crippen molar-refractivity contribution in [1.82, 2.24) is 10.0 Å². The van der Waals surface area contributed by atoms with E-state index in [4.69, 9.17) is 11.6 Å². The highest BCUT2D eigenvalue weighted by atomic mass is 79.9. The van der Waals surface area contributed by atoms with Gasteiger partial charge in [0, 0.05) is 24.0 Å². The Morgan fingerprint density at radius 2 is 1.79 bits per heavy atom. The van der Waals surface area contributed by atoms with Crippen LogP contribution in [0.25, 0.3) is 0 Å². The zero-order valence-corrected chi connectivity index (χ0v) is 19.8. The molecule has 0 bridgehead atoms. The van der Waals surface area contributed by atoms with Crippen LogP contribution in [0.5, 0.6) is 0 Å². The number of carbonyl (C=O) groups excluding carboxylic acids is 1. The van der Waals surface area contributed by atoms with E-state index in [1.165, 1.54) is 11.3 Å². The van der Waals surface area contributed by atoms with Gasteiger partial charge in [0.25, 0.3) is 0 Å². The SMILES string of the molecule is O=C(NCCc1ccc(Cl)cc1)C1CCC(CNS(=O)(=O)c2ccc(Br)s2)CC1. The minimum atomic E-state index is -3.46. The molecular formula is C20H24BrClN2O3S2. The summed E-state index contributed by atoms with van der Waals surface area (Å²) in [4.78, 5) is 12.4. The molecule has 2 aromatic rings. The molecule has 1 aliphatic carbocycles. The summed E-state index contributed by atoms with van der Waals surface area (Å²) in [7, 11) is -3.46. The molecule has 0 spiro atoms. The van der Waals surface area contributed by atoms with Crippen molar-refractivity contribution in [3.63, 3.8) is 0 Å². The zero-order valence-electron chi connectivity index (χ0n) is 15.9. The number of sulfonamides is 1. The second-order valence-electron chi connectivity index (χ2n) is 7.30. The van der Waals surface area contributed by atoms with Crippen LogP contribution in [-0.2, 0) is 21.2 Å². The summed E-state index contributed by atoms with van der Waals surface area (Å²) in [5, 5.41) is 3.73. The molecular weight excluding hydrogens is 496 g/mol. The average molecular weight is 520 g/mol. The highest BCUT2D eigenvalue weighted by Gasteiger charge is 2.27. The molecule has 1 amide bonds. The van der Waals surface area contributed by atoms with Gasteiger partial charge in [-0.1, -0.05) is 23.7 Å². The van der Waals surface area contributed by atoms with Crippen molar-refractivity contribution in [1.29, 1.82) is 0 Å². The first-order valence-corrected chi connectivity index (χ1v) is 13.1. The molecule has 1 aromatic carbocycles. The van der Waals surface area contributed by atoms with E-state index in [-0.39, 0.29) is 17.7 Å². The van der Waals surface area contributed by atoms with Crippen molar-refractivity contribution in [3.8, 4) is 0 Å². The second-order valence-corrected chi connectivity index (χ2v) is 12.2. The van der Waals surface area contributed by atoms with Crippen LogP contribution in [0.2, 0.25) is 5.02 Å². The number of nitrogens with one attached hydrogen (secondary N) is 2. The fourth-order valence-corrected chi connectivity index (χ4v) is 6.79. The predicted molar refractivity (Wildman–Crippen MR) is 121 cm³/mol. The first-order chi connectivity index (χ1) is 13.8. The standard InChI is InChI=1S/C20H24BrClN2O3S2/c21-18-9-10-19(28-18)29(26,27)24-13-15-1-5-16(6-2-15)20(25)23-12-11-14-3-7-17(22)8-4-14/h3-4,7-10,15-16,24H,1-2,5-6,11-13H2,(H,23,25). The highest BCUT2D eigenvalue weighted by molar-refractivity contribution is 9.11. The molecule has 9 heteroatoms. The van der Waals surface area contributed by atoms with Gasteiger partial charge in [0.15, 0.2) is 0 Å². The maximum atomic E-state index is 12.4. The summed E-state index contributed by atoms with van der Waals surface area (Å²) >= 11 is 10.4. The third kappa shape index (κ3) is 6.79. The monoisotopic (exact) mass is 518 g/mol. The lowest BCUT2D eigenvalue weighted by molar-refractivity contribution is -0.126. The molecule has 0 aliphatic heterocycles. The van der Waals surface area contributed by atoms with Crippen LogP contribution in [0.1, 0.15) is 31.2 Å². The molecule has 5 nitrogen and oxygen atoms in total. The van der Waals surface area contributed by atoms with E-state index in [0.29, 0.717) is 22.3 Å². The average Bonchev–Trinajstić information content (AvgIpc) is 3.16. The molecule has 29 heavy (non-hydrogen) atoms. The molecule has 1 fully saturated rings. The number of benzene rings is 1. The fraction of sp³-hybridized carbons (Fsp3) is 0.450. The Kier molecular flexibility index (Phi) is 8.15. The van der Waals surface area contributed by atoms with Crippen LogP contribution in [-0.4, -0.2) is 27.4 Å². The largest absolute Gasteiger partial charge is 0.356 e. The Labute approximate surface area is 189 Å². The van der Waals surface area contributed by atoms with Gasteiger partial charge in [0.05, 0.1) is 3.79 Å². The van der Waals surface area contributed by atoms with Crippen molar-refractivity contribution >= 4 is 54.8 Å². The quantitative estimate of drug-likeness (QED) is 0.535. The molecule has 3 rings (SSSR count). The molecule has 0 radical (unpaired) electrons. The molecule has 158 valence electrons. The van der Waals surface area contributed by atoms with Crippen molar-refractivity contribution in [2.45, 2.75) is 36.3 Å². The van der Waals surface area contributed by atoms with E-state index < -0.39 is 10.0 Å². The summed E-state index contributed by atoms with van der Waals surface area (Å²) in [6, 6.07) is 11.0. The van der Waals surface area contributed by atoms with E-state index in [1.54, 1.807) is 12.1 Å². The van der Waals surface area contributed by atoms with Crippen molar-refractivity contribution in [3.05, 3.63) is 50.8 Å². The van der Waals surface area contributed by atoms with Gasteiger partial charge in [0.1, 0.15) is 4.21 Å². The second kappa shape index (κ2) is 10.4. The van der Waals surface area contributed by atoms with Crippen molar-refractivity contribution < 1.29 is 13.2 Å². The Morgan fingerprint density at radius 3 is 2.41 bits per heavy atom. The molecule has 0 unspecified atom stereocenters. The first-order valence-electron chi connectivity index (χ1n) is 9.60. The summed E-state index contributed by atoms with van der Waals surface area (Å²) in [5.74, 6) is 0.383. The van der Waals surface area contributed by atoms with Crippen LogP contribution in [0, 0.1) is 11.8 Å². The molecule has 2 N–H and O–H groups in total. The summed E-state index contributed by atoms with van der Waals surface area (Å²) in [5.41, 5.74) is 1.14. The third-order valence-corrected chi connectivity index (χ3v) is 9.01. The lowest BCUT2D eigenvalue weighted by atomic mass is 9.81. The fourth-order valence-electron chi connectivity index (χ4n) is 3.50. The minimum absolute atomic E-state index is 0.0151. The topological polar surface area (TPSA) is 75.3 Å². The lowest BCUT2D eigenvalue weighted by Gasteiger charge is -2.27. The number of thiophene rings is 1. The number of rotatable bonds is 8. The van der Waals surface area contributed by atoms with Gasteiger partial charge in [-0.25, -0.2) is 13.1 Å². The lowest BCUT2D eigenvalue weighted by Crippen LogP contribution is -2.36.